The number of aromatic amines is 1. The van der Waals surface area contributed by atoms with Gasteiger partial charge in [-0.25, -0.2) is 0 Å². The average molecular weight is 280 g/mol. The summed E-state index contributed by atoms with van der Waals surface area (Å²) in [5.74, 6) is 0.406. The van der Waals surface area contributed by atoms with Crippen LogP contribution in [-0.2, 0) is 6.61 Å². The fourth-order valence-electron chi connectivity index (χ4n) is 2.29. The van der Waals surface area contributed by atoms with Gasteiger partial charge in [-0.1, -0.05) is 6.07 Å². The van der Waals surface area contributed by atoms with Crippen molar-refractivity contribution in [1.82, 2.24) is 4.98 Å². The Bertz CT molecular complexity index is 805. The van der Waals surface area contributed by atoms with E-state index in [1.807, 2.05) is 43.5 Å². The summed E-state index contributed by atoms with van der Waals surface area (Å²) in [6, 6.07) is 13.3. The molecule has 0 atom stereocenters. The summed E-state index contributed by atoms with van der Waals surface area (Å²) in [7, 11) is 0. The number of benzene rings is 2. The minimum atomic E-state index is -0.413. The largest absolute Gasteiger partial charge is 0.489 e. The molecule has 2 aromatic carbocycles. The molecule has 0 aliphatic carbocycles. The van der Waals surface area contributed by atoms with Gasteiger partial charge in [0, 0.05) is 22.7 Å². The maximum absolute atomic E-state index is 11.1. The van der Waals surface area contributed by atoms with Crippen molar-refractivity contribution < 1.29 is 9.53 Å². The molecule has 0 spiro atoms. The Morgan fingerprint density at radius 2 is 2.05 bits per heavy atom. The summed E-state index contributed by atoms with van der Waals surface area (Å²) in [6.07, 6.45) is 1.90. The maximum atomic E-state index is 11.1. The fraction of sp³-hybridized carbons (Fsp3) is 0.118. The minimum Gasteiger partial charge on any atom is -0.489 e. The summed E-state index contributed by atoms with van der Waals surface area (Å²) < 4.78 is 5.82. The average Bonchev–Trinajstić information content (AvgIpc) is 2.93. The monoisotopic (exact) mass is 280 g/mol. The van der Waals surface area contributed by atoms with E-state index in [0.717, 1.165) is 27.8 Å². The summed E-state index contributed by atoms with van der Waals surface area (Å²) >= 11 is 0. The molecule has 0 fully saturated rings. The molecular weight excluding hydrogens is 264 g/mol. The van der Waals surface area contributed by atoms with Gasteiger partial charge in [0.15, 0.2) is 0 Å². The van der Waals surface area contributed by atoms with Crippen LogP contribution in [0, 0.1) is 6.92 Å². The van der Waals surface area contributed by atoms with E-state index in [1.54, 1.807) is 12.1 Å². The number of aromatic nitrogens is 1. The van der Waals surface area contributed by atoms with Crippen LogP contribution in [0.15, 0.2) is 48.7 Å². The molecule has 0 aliphatic heterocycles. The number of H-pyrrole nitrogens is 1. The standard InChI is InChI=1S/C17H16N2O2/c1-11-8-13(17(18)20)2-3-14(11)10-21-15-4-5-16-12(9-15)6-7-19-16/h2-9,19H,10H2,1H3,(H2,18,20). The Kier molecular flexibility index (Phi) is 3.36. The number of ether oxygens (including phenoxy) is 1. The summed E-state index contributed by atoms with van der Waals surface area (Å²) in [5.41, 5.74) is 8.90. The van der Waals surface area contributed by atoms with Gasteiger partial charge >= 0.3 is 0 Å². The number of hydrogen-bond donors (Lipinski definition) is 2. The van der Waals surface area contributed by atoms with E-state index in [0.29, 0.717) is 12.2 Å². The Labute approximate surface area is 122 Å². The number of amides is 1. The highest BCUT2D eigenvalue weighted by Crippen LogP contribution is 2.21. The number of carbonyl (C=O) groups excluding carboxylic acids is 1. The molecule has 21 heavy (non-hydrogen) atoms. The molecule has 1 heterocycles. The lowest BCUT2D eigenvalue weighted by Crippen LogP contribution is -2.11. The first-order valence-corrected chi connectivity index (χ1v) is 6.73. The molecule has 0 saturated heterocycles. The number of aryl methyl sites for hydroxylation is 1. The maximum Gasteiger partial charge on any atom is 0.248 e. The van der Waals surface area contributed by atoms with Crippen LogP contribution in [0.3, 0.4) is 0 Å². The molecule has 1 aromatic heterocycles. The van der Waals surface area contributed by atoms with Crippen molar-refractivity contribution in [3.63, 3.8) is 0 Å². The second kappa shape index (κ2) is 5.32. The lowest BCUT2D eigenvalue weighted by atomic mass is 10.1. The Morgan fingerprint density at radius 3 is 2.81 bits per heavy atom. The van der Waals surface area contributed by atoms with Crippen LogP contribution in [0.1, 0.15) is 21.5 Å². The van der Waals surface area contributed by atoms with Crippen LogP contribution in [0.25, 0.3) is 10.9 Å². The van der Waals surface area contributed by atoms with Gasteiger partial charge in [0.1, 0.15) is 12.4 Å². The second-order valence-electron chi connectivity index (χ2n) is 5.02. The second-order valence-corrected chi connectivity index (χ2v) is 5.02. The number of nitrogens with two attached hydrogens (primary N) is 1. The molecule has 3 aromatic rings. The summed E-state index contributed by atoms with van der Waals surface area (Å²) in [5, 5.41) is 1.12. The van der Waals surface area contributed by atoms with Crippen LogP contribution in [0.5, 0.6) is 5.75 Å². The Hall–Kier alpha value is -2.75. The van der Waals surface area contributed by atoms with Crippen molar-refractivity contribution in [2.24, 2.45) is 5.73 Å². The van der Waals surface area contributed by atoms with Gasteiger partial charge in [0.2, 0.25) is 5.91 Å². The lowest BCUT2D eigenvalue weighted by Gasteiger charge is -2.10. The van der Waals surface area contributed by atoms with E-state index in [-0.39, 0.29) is 0 Å². The normalized spacial score (nSPS) is 10.7. The van der Waals surface area contributed by atoms with Gasteiger partial charge in [-0.05, 0) is 54.4 Å². The quantitative estimate of drug-likeness (QED) is 0.770. The zero-order chi connectivity index (χ0) is 14.8. The van der Waals surface area contributed by atoms with E-state index in [9.17, 15) is 4.79 Å². The molecule has 1 amide bonds. The van der Waals surface area contributed by atoms with E-state index in [4.69, 9.17) is 10.5 Å². The van der Waals surface area contributed by atoms with E-state index in [2.05, 4.69) is 4.98 Å². The minimum absolute atomic E-state index is 0.413. The molecule has 4 heteroatoms. The molecule has 0 unspecified atom stereocenters. The third kappa shape index (κ3) is 2.74. The van der Waals surface area contributed by atoms with Crippen LogP contribution in [0.4, 0.5) is 0 Å². The highest BCUT2D eigenvalue weighted by Gasteiger charge is 2.05. The number of primary amides is 1. The van der Waals surface area contributed by atoms with Crippen molar-refractivity contribution in [2.45, 2.75) is 13.5 Å². The molecule has 3 N–H and O–H groups in total. The number of carbonyl (C=O) groups is 1. The number of hydrogen-bond acceptors (Lipinski definition) is 2. The summed E-state index contributed by atoms with van der Waals surface area (Å²) in [6.45, 7) is 2.40. The van der Waals surface area contributed by atoms with Gasteiger partial charge in [-0.15, -0.1) is 0 Å². The summed E-state index contributed by atoms with van der Waals surface area (Å²) in [4.78, 5) is 14.3. The lowest BCUT2D eigenvalue weighted by molar-refractivity contribution is 0.1000. The number of nitrogens with one attached hydrogen (secondary N) is 1. The van der Waals surface area contributed by atoms with Crippen LogP contribution in [-0.4, -0.2) is 10.9 Å². The van der Waals surface area contributed by atoms with Crippen molar-refractivity contribution in [2.75, 3.05) is 0 Å². The van der Waals surface area contributed by atoms with Gasteiger partial charge in [0.25, 0.3) is 0 Å². The first-order valence-electron chi connectivity index (χ1n) is 6.73. The highest BCUT2D eigenvalue weighted by atomic mass is 16.5. The topological polar surface area (TPSA) is 68.1 Å². The zero-order valence-corrected chi connectivity index (χ0v) is 11.7. The van der Waals surface area contributed by atoms with E-state index >= 15 is 0 Å². The highest BCUT2D eigenvalue weighted by molar-refractivity contribution is 5.93. The molecule has 0 saturated carbocycles. The zero-order valence-electron chi connectivity index (χ0n) is 11.7. The number of fused-ring (bicyclic) bond motifs is 1. The fourth-order valence-corrected chi connectivity index (χ4v) is 2.29. The predicted octanol–water partition coefficient (Wildman–Crippen LogP) is 3.15. The van der Waals surface area contributed by atoms with Crippen molar-refractivity contribution in [3.05, 3.63) is 65.4 Å². The predicted molar refractivity (Wildman–Crippen MR) is 82.3 cm³/mol. The molecule has 4 nitrogen and oxygen atoms in total. The smallest absolute Gasteiger partial charge is 0.248 e. The van der Waals surface area contributed by atoms with Crippen molar-refractivity contribution >= 4 is 16.8 Å². The molecule has 106 valence electrons. The van der Waals surface area contributed by atoms with Crippen molar-refractivity contribution in [1.29, 1.82) is 0 Å². The molecule has 0 radical (unpaired) electrons. The molecule has 0 aliphatic rings. The third-order valence-electron chi connectivity index (χ3n) is 3.55. The first-order chi connectivity index (χ1) is 10.1. The Morgan fingerprint density at radius 1 is 1.19 bits per heavy atom. The van der Waals surface area contributed by atoms with E-state index < -0.39 is 5.91 Å². The van der Waals surface area contributed by atoms with Crippen LogP contribution >= 0.6 is 0 Å². The van der Waals surface area contributed by atoms with E-state index in [1.165, 1.54) is 0 Å². The third-order valence-corrected chi connectivity index (χ3v) is 3.55. The Balaban J connectivity index is 1.76. The van der Waals surface area contributed by atoms with Gasteiger partial charge in [0.05, 0.1) is 0 Å². The molecule has 3 rings (SSSR count). The number of rotatable bonds is 4. The van der Waals surface area contributed by atoms with Crippen molar-refractivity contribution in [3.8, 4) is 5.75 Å². The van der Waals surface area contributed by atoms with Crippen LogP contribution in [0.2, 0.25) is 0 Å². The van der Waals surface area contributed by atoms with Gasteiger partial charge < -0.3 is 15.5 Å². The van der Waals surface area contributed by atoms with Crippen LogP contribution < -0.4 is 10.5 Å². The van der Waals surface area contributed by atoms with Gasteiger partial charge in [-0.2, -0.15) is 0 Å². The van der Waals surface area contributed by atoms with Gasteiger partial charge in [-0.3, -0.25) is 4.79 Å². The molecule has 0 bridgehead atoms. The molecular formula is C17H16N2O2. The SMILES string of the molecule is Cc1cc(C(N)=O)ccc1COc1ccc2[nH]ccc2c1. The first kappa shape index (κ1) is 13.2.